The maximum Gasteiger partial charge on any atom is 0.261 e. The lowest BCUT2D eigenvalue weighted by Gasteiger charge is -2.13. The van der Waals surface area contributed by atoms with Gasteiger partial charge in [-0.15, -0.1) is 0 Å². The summed E-state index contributed by atoms with van der Waals surface area (Å²) in [6, 6.07) is 7.08. The molecular formula is C19H27NO3. The van der Waals surface area contributed by atoms with Crippen molar-refractivity contribution in [3.63, 3.8) is 0 Å². The summed E-state index contributed by atoms with van der Waals surface area (Å²) in [7, 11) is 1.74. The predicted octanol–water partition coefficient (Wildman–Crippen LogP) is 4.05. The molecule has 0 radical (unpaired) electrons. The monoisotopic (exact) mass is 317 g/mol. The third-order valence-electron chi connectivity index (χ3n) is 4.36. The maximum atomic E-state index is 12.2. The van der Waals surface area contributed by atoms with Crippen LogP contribution < -0.4 is 0 Å². The quantitative estimate of drug-likeness (QED) is 0.457. The molecule has 0 saturated carbocycles. The minimum Gasteiger partial charge on any atom is -0.385 e. The topological polar surface area (TPSA) is 46.6 Å². The number of ether oxygens (including phenoxy) is 1. The van der Waals surface area contributed by atoms with Gasteiger partial charge in [0.25, 0.3) is 11.8 Å². The molecule has 4 heteroatoms. The van der Waals surface area contributed by atoms with Crippen molar-refractivity contribution in [3.8, 4) is 0 Å². The van der Waals surface area contributed by atoms with Crippen molar-refractivity contribution in [2.45, 2.75) is 51.4 Å². The third-order valence-corrected chi connectivity index (χ3v) is 4.36. The van der Waals surface area contributed by atoms with Crippen LogP contribution in [0.3, 0.4) is 0 Å². The Morgan fingerprint density at radius 3 is 1.78 bits per heavy atom. The van der Waals surface area contributed by atoms with Crippen molar-refractivity contribution < 1.29 is 14.3 Å². The predicted molar refractivity (Wildman–Crippen MR) is 90.6 cm³/mol. The van der Waals surface area contributed by atoms with Gasteiger partial charge in [0, 0.05) is 20.3 Å². The average Bonchev–Trinajstić information content (AvgIpc) is 2.81. The SMILES string of the molecule is COCCCCCCCCCCN1C(=O)c2ccccc2C1=O. The molecule has 0 bridgehead atoms. The zero-order chi connectivity index (χ0) is 16.5. The molecule has 1 aromatic rings. The van der Waals surface area contributed by atoms with Gasteiger partial charge in [0.15, 0.2) is 0 Å². The van der Waals surface area contributed by atoms with Crippen molar-refractivity contribution in [2.75, 3.05) is 20.3 Å². The second-order valence-electron chi connectivity index (χ2n) is 6.13. The van der Waals surface area contributed by atoms with Crippen LogP contribution in [0.1, 0.15) is 72.1 Å². The second kappa shape index (κ2) is 9.46. The van der Waals surface area contributed by atoms with Gasteiger partial charge in [0.1, 0.15) is 0 Å². The number of nitrogens with zero attached hydrogens (tertiary/aromatic N) is 1. The Labute approximate surface area is 138 Å². The number of hydrogen-bond donors (Lipinski definition) is 0. The van der Waals surface area contributed by atoms with E-state index in [1.165, 1.54) is 37.0 Å². The summed E-state index contributed by atoms with van der Waals surface area (Å²) in [6.45, 7) is 1.40. The molecule has 0 saturated heterocycles. The Morgan fingerprint density at radius 2 is 1.26 bits per heavy atom. The van der Waals surface area contributed by atoms with Gasteiger partial charge < -0.3 is 4.74 Å². The molecule has 2 amide bonds. The summed E-state index contributed by atoms with van der Waals surface area (Å²) in [6.07, 6.45) is 9.29. The lowest BCUT2D eigenvalue weighted by atomic mass is 10.1. The molecule has 0 fully saturated rings. The summed E-state index contributed by atoms with van der Waals surface area (Å²) in [4.78, 5) is 25.8. The largest absolute Gasteiger partial charge is 0.385 e. The van der Waals surface area contributed by atoms with E-state index >= 15 is 0 Å². The highest BCUT2D eigenvalue weighted by atomic mass is 16.5. The van der Waals surface area contributed by atoms with Crippen LogP contribution in [0.2, 0.25) is 0 Å². The van der Waals surface area contributed by atoms with Crippen LogP contribution in [0, 0.1) is 0 Å². The number of benzene rings is 1. The number of fused-ring (bicyclic) bond motifs is 1. The van der Waals surface area contributed by atoms with Crippen LogP contribution in [0.25, 0.3) is 0 Å². The van der Waals surface area contributed by atoms with Crippen LogP contribution in [0.4, 0.5) is 0 Å². The first-order valence-electron chi connectivity index (χ1n) is 8.70. The van der Waals surface area contributed by atoms with Crippen LogP contribution in [0.15, 0.2) is 24.3 Å². The molecule has 0 aliphatic carbocycles. The van der Waals surface area contributed by atoms with Crippen LogP contribution >= 0.6 is 0 Å². The van der Waals surface area contributed by atoms with Gasteiger partial charge in [-0.25, -0.2) is 0 Å². The van der Waals surface area contributed by atoms with E-state index in [0.29, 0.717) is 17.7 Å². The molecule has 0 unspecified atom stereocenters. The van der Waals surface area contributed by atoms with Crippen LogP contribution in [0.5, 0.6) is 0 Å². The normalized spacial score (nSPS) is 13.7. The van der Waals surface area contributed by atoms with Crippen molar-refractivity contribution >= 4 is 11.8 Å². The zero-order valence-corrected chi connectivity index (χ0v) is 14.1. The van der Waals surface area contributed by atoms with E-state index in [-0.39, 0.29) is 11.8 Å². The first-order chi connectivity index (χ1) is 11.3. The number of methoxy groups -OCH3 is 1. The lowest BCUT2D eigenvalue weighted by molar-refractivity contribution is 0.0651. The summed E-state index contributed by atoms with van der Waals surface area (Å²) in [5, 5.41) is 0. The number of carbonyl (C=O) groups is 2. The first-order valence-corrected chi connectivity index (χ1v) is 8.70. The van der Waals surface area contributed by atoms with Gasteiger partial charge in [-0.05, 0) is 25.0 Å². The van der Waals surface area contributed by atoms with Gasteiger partial charge in [0.05, 0.1) is 11.1 Å². The Balaban J connectivity index is 1.57. The summed E-state index contributed by atoms with van der Waals surface area (Å²) in [5.74, 6) is -0.271. The molecule has 0 aromatic heterocycles. The number of amides is 2. The van der Waals surface area contributed by atoms with Gasteiger partial charge in [-0.2, -0.15) is 0 Å². The number of hydrogen-bond acceptors (Lipinski definition) is 3. The lowest BCUT2D eigenvalue weighted by Crippen LogP contribution is -2.30. The molecule has 2 rings (SSSR count). The van der Waals surface area contributed by atoms with Crippen molar-refractivity contribution in [3.05, 3.63) is 35.4 Å². The fourth-order valence-electron chi connectivity index (χ4n) is 3.02. The van der Waals surface area contributed by atoms with E-state index in [1.54, 1.807) is 31.4 Å². The molecule has 1 heterocycles. The van der Waals surface area contributed by atoms with Crippen molar-refractivity contribution in [1.82, 2.24) is 4.90 Å². The summed E-state index contributed by atoms with van der Waals surface area (Å²) in [5.41, 5.74) is 1.10. The van der Waals surface area contributed by atoms with Crippen LogP contribution in [-0.2, 0) is 4.74 Å². The highest BCUT2D eigenvalue weighted by molar-refractivity contribution is 6.21. The average molecular weight is 317 g/mol. The van der Waals surface area contributed by atoms with E-state index < -0.39 is 0 Å². The molecule has 0 N–H and O–H groups in total. The summed E-state index contributed by atoms with van der Waals surface area (Å²) >= 11 is 0. The molecule has 1 aliphatic rings. The molecule has 126 valence electrons. The maximum absolute atomic E-state index is 12.2. The van der Waals surface area contributed by atoms with Gasteiger partial charge in [-0.3, -0.25) is 14.5 Å². The smallest absolute Gasteiger partial charge is 0.261 e. The van der Waals surface area contributed by atoms with Gasteiger partial charge in [0.2, 0.25) is 0 Å². The Morgan fingerprint density at radius 1 is 0.783 bits per heavy atom. The van der Waals surface area contributed by atoms with E-state index in [0.717, 1.165) is 25.9 Å². The van der Waals surface area contributed by atoms with Crippen molar-refractivity contribution in [2.24, 2.45) is 0 Å². The molecule has 1 aromatic carbocycles. The van der Waals surface area contributed by atoms with E-state index in [2.05, 4.69) is 0 Å². The second-order valence-corrected chi connectivity index (χ2v) is 6.13. The Kier molecular flexibility index (Phi) is 7.27. The van der Waals surface area contributed by atoms with E-state index in [4.69, 9.17) is 4.74 Å². The van der Waals surface area contributed by atoms with Crippen LogP contribution in [-0.4, -0.2) is 37.0 Å². The number of imide groups is 1. The first kappa shape index (κ1) is 17.7. The fraction of sp³-hybridized carbons (Fsp3) is 0.579. The number of rotatable bonds is 11. The third kappa shape index (κ3) is 4.90. The van der Waals surface area contributed by atoms with Gasteiger partial charge >= 0.3 is 0 Å². The Hall–Kier alpha value is -1.68. The molecule has 23 heavy (non-hydrogen) atoms. The minimum atomic E-state index is -0.135. The molecule has 0 atom stereocenters. The highest BCUT2D eigenvalue weighted by Gasteiger charge is 2.34. The van der Waals surface area contributed by atoms with E-state index in [9.17, 15) is 9.59 Å². The molecule has 1 aliphatic heterocycles. The van der Waals surface area contributed by atoms with E-state index in [1.807, 2.05) is 0 Å². The number of unbranched alkanes of at least 4 members (excludes halogenated alkanes) is 7. The fourth-order valence-corrected chi connectivity index (χ4v) is 3.02. The Bertz CT molecular complexity index is 492. The zero-order valence-electron chi connectivity index (χ0n) is 14.1. The highest BCUT2D eigenvalue weighted by Crippen LogP contribution is 2.22. The molecular weight excluding hydrogens is 290 g/mol. The summed E-state index contributed by atoms with van der Waals surface area (Å²) < 4.78 is 5.03. The standard InChI is InChI=1S/C19H27NO3/c1-23-15-11-7-5-3-2-4-6-10-14-20-18(21)16-12-8-9-13-17(16)19(20)22/h8-9,12-13H,2-7,10-11,14-15H2,1H3. The molecule has 4 nitrogen and oxygen atoms in total. The minimum absolute atomic E-state index is 0.135. The van der Waals surface area contributed by atoms with Gasteiger partial charge in [-0.1, -0.05) is 50.7 Å². The van der Waals surface area contributed by atoms with Crippen molar-refractivity contribution in [1.29, 1.82) is 0 Å². The number of carbonyl (C=O) groups excluding carboxylic acids is 2. The molecule has 0 spiro atoms.